The van der Waals surface area contributed by atoms with Gasteiger partial charge >= 0.3 is 63.7 Å². The summed E-state index contributed by atoms with van der Waals surface area (Å²) < 4.78 is 0. The number of carbonyl (C=O) groups excluding carboxylic acids is 3. The summed E-state index contributed by atoms with van der Waals surface area (Å²) in [5.41, 5.74) is 0. The van der Waals surface area contributed by atoms with Crippen molar-refractivity contribution in [3.05, 3.63) is 0 Å². The number of carbonyl (C=O) groups is 3. The van der Waals surface area contributed by atoms with Crippen LogP contribution < -0.4 is 50.0 Å². The Morgan fingerprint density at radius 1 is 0.800 bits per heavy atom. The zero-order valence-corrected chi connectivity index (χ0v) is 11.8. The minimum Gasteiger partial charge on any atom is -0.652 e. The molecule has 81 valence electrons. The minimum absolute atomic E-state index is 0. The molecule has 0 N–H and O–H groups in total. The van der Waals surface area contributed by atoms with Gasteiger partial charge in [0.1, 0.15) is 0 Å². The molecule has 10 heteroatoms. The summed E-state index contributed by atoms with van der Waals surface area (Å²) in [6.45, 7) is 0. The van der Waals surface area contributed by atoms with Crippen LogP contribution in [0.4, 0.5) is 4.79 Å². The Morgan fingerprint density at radius 2 is 0.933 bits per heavy atom. The van der Waals surface area contributed by atoms with Gasteiger partial charge in [0.05, 0.1) is 0 Å². The first-order valence-electron chi connectivity index (χ1n) is 2.64. The topological polar surface area (TPSA) is 143 Å². The predicted octanol–water partition coefficient (Wildman–Crippen LogP) is -8.18. The third-order valence-corrected chi connectivity index (χ3v) is 0.533. The molecule has 0 saturated heterocycles. The van der Waals surface area contributed by atoms with Crippen molar-refractivity contribution in [2.24, 2.45) is 0 Å². The van der Waals surface area contributed by atoms with E-state index in [2.05, 4.69) is 0 Å². The van der Waals surface area contributed by atoms with E-state index in [0.29, 0.717) is 0 Å². The van der Waals surface area contributed by atoms with Crippen molar-refractivity contribution in [2.45, 2.75) is 12.8 Å². The molecule has 1 radical (unpaired) electrons. The second kappa shape index (κ2) is 19.8. The average Bonchev–Trinajstić information content (AvgIpc) is 1.82. The Balaban J connectivity index is -0.0000000424. The number of carboxylic acid groups (broad SMARTS) is 4. The Kier molecular flexibility index (Phi) is 38.8. The molecule has 0 heterocycles. The molecule has 0 spiro atoms. The number of rotatable bonds is 3. The van der Waals surface area contributed by atoms with E-state index in [1.807, 2.05) is 0 Å². The van der Waals surface area contributed by atoms with Crippen molar-refractivity contribution in [2.75, 3.05) is 0 Å². The average molecular weight is 310 g/mol. The third kappa shape index (κ3) is 77.6. The molecule has 0 bridgehead atoms. The molecule has 0 aliphatic heterocycles. The molecule has 0 atom stereocenters. The maximum Gasteiger partial charge on any atom is 2.00 e. The molecule has 0 aliphatic carbocycles. The van der Waals surface area contributed by atoms with Crippen LogP contribution >= 0.6 is 0 Å². The van der Waals surface area contributed by atoms with Crippen molar-refractivity contribution in [3.8, 4) is 0 Å². The summed E-state index contributed by atoms with van der Waals surface area (Å²) in [7, 11) is 0. The predicted molar refractivity (Wildman–Crippen MR) is 24.6 cm³/mol. The van der Waals surface area contributed by atoms with Gasteiger partial charge in [0.25, 0.3) is 0 Å². The van der Waals surface area contributed by atoms with Crippen LogP contribution in [-0.4, -0.2) is 18.1 Å². The molecular formula is C5H4FeMnNaO7+. The van der Waals surface area contributed by atoms with Gasteiger partial charge in [0, 0.05) is 11.9 Å². The second-order valence-electron chi connectivity index (χ2n) is 1.49. The van der Waals surface area contributed by atoms with Crippen LogP contribution in [0.25, 0.3) is 0 Å². The number of carboxylic acids is 2. The third-order valence-electron chi connectivity index (χ3n) is 0.533. The van der Waals surface area contributed by atoms with Gasteiger partial charge in [-0.25, -0.2) is 0 Å². The van der Waals surface area contributed by atoms with E-state index in [1.54, 1.807) is 0 Å². The Bertz CT molecular complexity index is 170. The van der Waals surface area contributed by atoms with Gasteiger partial charge in [-0.15, -0.1) is 0 Å². The van der Waals surface area contributed by atoms with Gasteiger partial charge in [-0.3, -0.25) is 0 Å². The minimum atomic E-state index is -2.33. The molecule has 0 rings (SSSR count). The van der Waals surface area contributed by atoms with E-state index >= 15 is 0 Å². The number of aliphatic carboxylic acids is 2. The zero-order valence-electron chi connectivity index (χ0n) is 7.50. The fourth-order valence-electron chi connectivity index (χ4n) is 0.204. The molecule has 0 amide bonds. The van der Waals surface area contributed by atoms with Gasteiger partial charge < -0.3 is 34.8 Å². The van der Waals surface area contributed by atoms with Gasteiger partial charge in [-0.05, 0) is 19.0 Å². The second-order valence-corrected chi connectivity index (χ2v) is 1.49. The smallest absolute Gasteiger partial charge is 0.652 e. The van der Waals surface area contributed by atoms with E-state index in [4.69, 9.17) is 15.0 Å². The molecule has 0 saturated carbocycles. The van der Waals surface area contributed by atoms with Crippen molar-refractivity contribution in [1.29, 1.82) is 0 Å². The van der Waals surface area contributed by atoms with Crippen LogP contribution in [0.1, 0.15) is 12.8 Å². The molecule has 7 nitrogen and oxygen atoms in total. The maximum atomic E-state index is 9.50. The summed E-state index contributed by atoms with van der Waals surface area (Å²) in [4.78, 5) is 27.3. The van der Waals surface area contributed by atoms with Gasteiger partial charge in [0.15, 0.2) is 0 Å². The van der Waals surface area contributed by atoms with Crippen LogP contribution in [-0.2, 0) is 43.7 Å². The SMILES string of the molecule is O=C([O-])CCC(=O)[O-].O=C([O-])[O-].[Fe+2].[Mn+2].[Na+]. The monoisotopic (exact) mass is 310 g/mol. The van der Waals surface area contributed by atoms with Crippen LogP contribution in [0, 0.1) is 0 Å². The molecular weight excluding hydrogens is 306 g/mol. The van der Waals surface area contributed by atoms with E-state index in [0.717, 1.165) is 0 Å². The summed E-state index contributed by atoms with van der Waals surface area (Å²) in [6, 6.07) is 0. The number of hydrogen-bond acceptors (Lipinski definition) is 7. The quantitative estimate of drug-likeness (QED) is 0.471. The number of hydrogen-bond donors (Lipinski definition) is 0. The van der Waals surface area contributed by atoms with E-state index in [-0.39, 0.29) is 63.7 Å². The fraction of sp³-hybridized carbons (Fsp3) is 0.400. The van der Waals surface area contributed by atoms with E-state index < -0.39 is 30.9 Å². The Morgan fingerprint density at radius 3 is 1.00 bits per heavy atom. The molecule has 0 aromatic rings. The summed E-state index contributed by atoms with van der Waals surface area (Å²) in [5, 5.41) is 35.7. The molecule has 0 fully saturated rings. The normalized spacial score (nSPS) is 6.13. The Hall–Kier alpha value is 0.249. The molecule has 0 aromatic heterocycles. The van der Waals surface area contributed by atoms with E-state index in [1.165, 1.54) is 0 Å². The van der Waals surface area contributed by atoms with Crippen LogP contribution in [0.2, 0.25) is 0 Å². The largest absolute Gasteiger partial charge is 2.00 e. The first kappa shape index (κ1) is 29.5. The fourth-order valence-corrected chi connectivity index (χ4v) is 0.204. The summed E-state index contributed by atoms with van der Waals surface area (Å²) in [5.74, 6) is -2.73. The molecule has 15 heavy (non-hydrogen) atoms. The van der Waals surface area contributed by atoms with Gasteiger partial charge in [-0.2, -0.15) is 0 Å². The molecule has 0 aromatic carbocycles. The van der Waals surface area contributed by atoms with E-state index in [9.17, 15) is 19.8 Å². The zero-order chi connectivity index (χ0) is 10.1. The maximum absolute atomic E-state index is 9.50. The van der Waals surface area contributed by atoms with Crippen molar-refractivity contribution in [1.82, 2.24) is 0 Å². The molecule has 0 unspecified atom stereocenters. The Labute approximate surface area is 128 Å². The van der Waals surface area contributed by atoms with Crippen molar-refractivity contribution < 1.29 is 98.5 Å². The summed E-state index contributed by atoms with van der Waals surface area (Å²) >= 11 is 0. The van der Waals surface area contributed by atoms with Crippen molar-refractivity contribution in [3.63, 3.8) is 0 Å². The first-order valence-corrected chi connectivity index (χ1v) is 2.64. The molecule has 0 aliphatic rings. The van der Waals surface area contributed by atoms with Gasteiger partial charge in [-0.1, -0.05) is 0 Å². The van der Waals surface area contributed by atoms with Gasteiger partial charge in [0.2, 0.25) is 0 Å². The van der Waals surface area contributed by atoms with Crippen LogP contribution in [0.15, 0.2) is 0 Å². The summed E-state index contributed by atoms with van der Waals surface area (Å²) in [6.07, 6.45) is -3.27. The first-order chi connectivity index (χ1) is 5.36. The van der Waals surface area contributed by atoms with Crippen LogP contribution in [0.5, 0.6) is 0 Å². The standard InChI is InChI=1S/C4H6O4.CH2O3.Fe.Mn.Na/c5-3(6)1-2-4(7)8;2-1(3)4;;;/h1-2H2,(H,5,6)(H,7,8);(H2,2,3,4);;;/q;;2*+2;+1/p-4. The van der Waals surface area contributed by atoms with Crippen LogP contribution in [0.3, 0.4) is 0 Å². The van der Waals surface area contributed by atoms with Crippen molar-refractivity contribution >= 4 is 18.1 Å².